The highest BCUT2D eigenvalue weighted by Gasteiger charge is 2.16. The van der Waals surface area contributed by atoms with Crippen molar-refractivity contribution in [1.82, 2.24) is 4.98 Å². The maximum Gasteiger partial charge on any atom is 0.277 e. The highest BCUT2D eigenvalue weighted by Crippen LogP contribution is 2.30. The van der Waals surface area contributed by atoms with Gasteiger partial charge in [-0.25, -0.2) is 4.98 Å². The van der Waals surface area contributed by atoms with E-state index in [2.05, 4.69) is 10.3 Å². The van der Waals surface area contributed by atoms with Crippen LogP contribution in [0, 0.1) is 0 Å². The molecule has 0 unspecified atom stereocenters. The lowest BCUT2D eigenvalue weighted by molar-refractivity contribution is 0.102. The Bertz CT molecular complexity index is 924. The summed E-state index contributed by atoms with van der Waals surface area (Å²) in [6.07, 6.45) is 1.24. The molecule has 0 saturated carbocycles. The Balaban J connectivity index is 1.83. The Labute approximate surface area is 157 Å². The van der Waals surface area contributed by atoms with Crippen molar-refractivity contribution < 1.29 is 9.21 Å². The van der Waals surface area contributed by atoms with Gasteiger partial charge in [-0.1, -0.05) is 52.5 Å². The second-order valence-electron chi connectivity index (χ2n) is 4.72. The summed E-state index contributed by atoms with van der Waals surface area (Å²) in [5.74, 6) is -0.231. The van der Waals surface area contributed by atoms with Crippen molar-refractivity contribution in [1.29, 1.82) is 0 Å². The van der Waals surface area contributed by atoms with E-state index in [9.17, 15) is 4.79 Å². The fraction of sp³-hybridized carbons (Fsp3) is 0. The highest BCUT2D eigenvalue weighted by atomic mass is 35.5. The average Bonchev–Trinajstić information content (AvgIpc) is 3.04. The first-order valence-electron chi connectivity index (χ1n) is 6.62. The molecule has 1 aromatic heterocycles. The number of hydrogen-bond donors (Lipinski definition) is 1. The van der Waals surface area contributed by atoms with Crippen molar-refractivity contribution in [2.75, 3.05) is 5.32 Å². The number of amides is 1. The zero-order valence-corrected chi connectivity index (χ0v) is 14.8. The van der Waals surface area contributed by atoms with E-state index < -0.39 is 5.91 Å². The molecule has 4 nitrogen and oxygen atoms in total. The Kier molecular flexibility index (Phi) is 5.01. The summed E-state index contributed by atoms with van der Waals surface area (Å²) in [7, 11) is 0. The van der Waals surface area contributed by atoms with Crippen molar-refractivity contribution >= 4 is 58.0 Å². The summed E-state index contributed by atoms with van der Waals surface area (Å²) in [5, 5.41) is 4.00. The molecule has 24 heavy (non-hydrogen) atoms. The summed E-state index contributed by atoms with van der Waals surface area (Å²) >= 11 is 23.8. The average molecular weight is 402 g/mol. The number of carbonyl (C=O) groups excluding carboxylic acids is 1. The molecule has 0 atom stereocenters. The minimum atomic E-state index is -0.478. The van der Waals surface area contributed by atoms with Crippen LogP contribution in [-0.4, -0.2) is 10.9 Å². The van der Waals surface area contributed by atoms with Crippen LogP contribution in [0.4, 0.5) is 5.69 Å². The molecule has 0 radical (unpaired) electrons. The van der Waals surface area contributed by atoms with Crippen molar-refractivity contribution in [3.05, 3.63) is 68.4 Å². The van der Waals surface area contributed by atoms with Gasteiger partial charge in [0.1, 0.15) is 6.26 Å². The van der Waals surface area contributed by atoms with E-state index in [0.29, 0.717) is 26.3 Å². The van der Waals surface area contributed by atoms with Crippen LogP contribution in [0.3, 0.4) is 0 Å². The van der Waals surface area contributed by atoms with Gasteiger partial charge < -0.3 is 9.73 Å². The molecule has 3 aromatic rings. The van der Waals surface area contributed by atoms with Gasteiger partial charge in [0.05, 0.1) is 25.8 Å². The summed E-state index contributed by atoms with van der Waals surface area (Å²) in [4.78, 5) is 16.4. The standard InChI is InChI=1S/C16H8Cl4N2O2/c17-9-5-4-8(6-11(9)19)16-22-13(7-24-16)15(23)21-12-3-1-2-10(18)14(12)20/h1-7H,(H,21,23). The van der Waals surface area contributed by atoms with Gasteiger partial charge in [-0.05, 0) is 30.3 Å². The SMILES string of the molecule is O=C(Nc1cccc(Cl)c1Cl)c1coc(-c2ccc(Cl)c(Cl)c2)n1. The van der Waals surface area contributed by atoms with Gasteiger partial charge in [0, 0.05) is 5.56 Å². The number of hydrogen-bond acceptors (Lipinski definition) is 3. The van der Waals surface area contributed by atoms with Crippen LogP contribution in [-0.2, 0) is 0 Å². The Morgan fingerprint density at radius 2 is 1.79 bits per heavy atom. The number of nitrogens with one attached hydrogen (secondary N) is 1. The molecule has 2 aromatic carbocycles. The number of anilines is 1. The molecule has 1 N–H and O–H groups in total. The molecular formula is C16H8Cl4N2O2. The number of carbonyl (C=O) groups is 1. The molecule has 1 amide bonds. The fourth-order valence-corrected chi connectivity index (χ4v) is 2.57. The molecule has 122 valence electrons. The molecule has 0 aliphatic carbocycles. The molecule has 8 heteroatoms. The monoisotopic (exact) mass is 400 g/mol. The smallest absolute Gasteiger partial charge is 0.277 e. The summed E-state index contributed by atoms with van der Waals surface area (Å²) in [6.45, 7) is 0. The van der Waals surface area contributed by atoms with Gasteiger partial charge in [0.2, 0.25) is 5.89 Å². The molecule has 0 spiro atoms. The van der Waals surface area contributed by atoms with Crippen LogP contribution in [0.1, 0.15) is 10.5 Å². The third-order valence-corrected chi connectivity index (χ3v) is 4.66. The molecule has 0 aliphatic heterocycles. The zero-order valence-electron chi connectivity index (χ0n) is 11.8. The van der Waals surface area contributed by atoms with Gasteiger partial charge in [-0.2, -0.15) is 0 Å². The molecule has 0 fully saturated rings. The largest absolute Gasteiger partial charge is 0.444 e. The van der Waals surface area contributed by atoms with E-state index in [4.69, 9.17) is 50.8 Å². The van der Waals surface area contributed by atoms with Crippen molar-refractivity contribution in [2.45, 2.75) is 0 Å². The number of halogens is 4. The fourth-order valence-electron chi connectivity index (χ4n) is 1.93. The van der Waals surface area contributed by atoms with Crippen molar-refractivity contribution in [3.63, 3.8) is 0 Å². The minimum Gasteiger partial charge on any atom is -0.444 e. The van der Waals surface area contributed by atoms with Crippen LogP contribution in [0.2, 0.25) is 20.1 Å². The van der Waals surface area contributed by atoms with Gasteiger partial charge >= 0.3 is 0 Å². The molecule has 3 rings (SSSR count). The molecule has 0 bridgehead atoms. The third-order valence-electron chi connectivity index (χ3n) is 3.10. The number of rotatable bonds is 3. The van der Waals surface area contributed by atoms with Crippen LogP contribution >= 0.6 is 46.4 Å². The first-order valence-corrected chi connectivity index (χ1v) is 8.13. The lowest BCUT2D eigenvalue weighted by atomic mass is 10.2. The van der Waals surface area contributed by atoms with Crippen LogP contribution in [0.15, 0.2) is 47.1 Å². The van der Waals surface area contributed by atoms with Crippen molar-refractivity contribution in [3.8, 4) is 11.5 Å². The first kappa shape index (κ1) is 17.1. The van der Waals surface area contributed by atoms with E-state index in [1.807, 2.05) is 0 Å². The van der Waals surface area contributed by atoms with E-state index in [1.165, 1.54) is 6.26 Å². The predicted octanol–water partition coefficient (Wildman–Crippen LogP) is 6.21. The Morgan fingerprint density at radius 1 is 1.00 bits per heavy atom. The van der Waals surface area contributed by atoms with E-state index >= 15 is 0 Å². The first-order chi connectivity index (χ1) is 11.5. The molecular weight excluding hydrogens is 394 g/mol. The van der Waals surface area contributed by atoms with Crippen LogP contribution < -0.4 is 5.32 Å². The molecule has 0 saturated heterocycles. The minimum absolute atomic E-state index is 0.0899. The van der Waals surface area contributed by atoms with E-state index in [0.717, 1.165) is 0 Å². The Hall–Kier alpha value is -1.72. The predicted molar refractivity (Wildman–Crippen MR) is 96.4 cm³/mol. The summed E-state index contributed by atoms with van der Waals surface area (Å²) in [6, 6.07) is 9.84. The number of aromatic nitrogens is 1. The maximum atomic E-state index is 12.3. The Morgan fingerprint density at radius 3 is 2.54 bits per heavy atom. The number of benzene rings is 2. The highest BCUT2D eigenvalue weighted by molar-refractivity contribution is 6.44. The zero-order chi connectivity index (χ0) is 17.3. The van der Waals surface area contributed by atoms with Gasteiger partial charge in [0.15, 0.2) is 5.69 Å². The second-order valence-corrected chi connectivity index (χ2v) is 6.32. The van der Waals surface area contributed by atoms with E-state index in [1.54, 1.807) is 36.4 Å². The lowest BCUT2D eigenvalue weighted by Crippen LogP contribution is -2.12. The summed E-state index contributed by atoms with van der Waals surface area (Å²) in [5.41, 5.74) is 1.07. The second kappa shape index (κ2) is 7.03. The van der Waals surface area contributed by atoms with Gasteiger partial charge in [0.25, 0.3) is 5.91 Å². The number of oxazole rings is 1. The van der Waals surface area contributed by atoms with Gasteiger partial charge in [-0.3, -0.25) is 4.79 Å². The quantitative estimate of drug-likeness (QED) is 0.567. The maximum absolute atomic E-state index is 12.3. The summed E-state index contributed by atoms with van der Waals surface area (Å²) < 4.78 is 5.33. The third kappa shape index (κ3) is 3.52. The normalized spacial score (nSPS) is 10.7. The molecule has 1 heterocycles. The van der Waals surface area contributed by atoms with E-state index in [-0.39, 0.29) is 16.6 Å². The van der Waals surface area contributed by atoms with Gasteiger partial charge in [-0.15, -0.1) is 0 Å². The molecule has 0 aliphatic rings. The topological polar surface area (TPSA) is 55.1 Å². The lowest BCUT2D eigenvalue weighted by Gasteiger charge is -2.06. The van der Waals surface area contributed by atoms with Crippen molar-refractivity contribution in [2.24, 2.45) is 0 Å². The van der Waals surface area contributed by atoms with Crippen LogP contribution in [0.25, 0.3) is 11.5 Å². The number of nitrogens with zero attached hydrogens (tertiary/aromatic N) is 1. The van der Waals surface area contributed by atoms with Crippen LogP contribution in [0.5, 0.6) is 0 Å².